The number of benzene rings is 2. The zero-order valence-electron chi connectivity index (χ0n) is 34.9. The predicted molar refractivity (Wildman–Crippen MR) is 230 cm³/mol. The van der Waals surface area contributed by atoms with Gasteiger partial charge in [-0.3, -0.25) is 39.4 Å². The molecule has 3 aromatic heterocycles. The second-order valence-corrected chi connectivity index (χ2v) is 18.1. The first-order chi connectivity index (χ1) is 29.7. The van der Waals surface area contributed by atoms with Gasteiger partial charge in [-0.15, -0.1) is 0 Å². The number of nitriles is 1. The number of anilines is 3. The monoisotopic (exact) mass is 844 g/mol. The Morgan fingerprint density at radius 2 is 1.73 bits per heavy atom. The molecule has 16 heteroatoms. The number of urea groups is 1. The number of carbonyl (C=O) groups excluding carboxylic acids is 3. The highest BCUT2D eigenvalue weighted by Crippen LogP contribution is 2.52. The van der Waals surface area contributed by atoms with Crippen LogP contribution in [0.1, 0.15) is 92.7 Å². The Morgan fingerprint density at radius 1 is 0.968 bits per heavy atom. The molecular formula is C46H50F2N10O4. The van der Waals surface area contributed by atoms with E-state index in [0.29, 0.717) is 73.8 Å². The Balaban J connectivity index is 0.810. The lowest BCUT2D eigenvalue weighted by Crippen LogP contribution is -2.59. The molecule has 0 atom stereocenters. The fourth-order valence-corrected chi connectivity index (χ4v) is 10.1. The summed E-state index contributed by atoms with van der Waals surface area (Å²) < 4.78 is 34.7. The minimum atomic E-state index is -2.83. The average molecular weight is 845 g/mol. The number of alkyl halides is 2. The van der Waals surface area contributed by atoms with Gasteiger partial charge >= 0.3 is 6.03 Å². The van der Waals surface area contributed by atoms with E-state index >= 15 is 8.78 Å². The second kappa shape index (κ2) is 16.0. The van der Waals surface area contributed by atoms with E-state index in [4.69, 9.17) is 5.10 Å². The lowest BCUT2D eigenvalue weighted by Gasteiger charge is -2.52. The van der Waals surface area contributed by atoms with Crippen LogP contribution in [0, 0.1) is 22.7 Å². The molecule has 3 N–H and O–H groups in total. The van der Waals surface area contributed by atoms with Gasteiger partial charge in [0.25, 0.3) is 11.8 Å². The molecule has 4 amide bonds. The van der Waals surface area contributed by atoms with Crippen LogP contribution in [-0.2, 0) is 10.4 Å². The molecule has 5 aromatic rings. The van der Waals surface area contributed by atoms with Crippen LogP contribution in [0.4, 0.5) is 30.6 Å². The molecule has 3 saturated heterocycles. The number of rotatable bonds is 8. The van der Waals surface area contributed by atoms with Crippen molar-refractivity contribution < 1.29 is 28.3 Å². The fraction of sp³-hybridized carbons (Fsp3) is 0.457. The number of fused-ring (bicyclic) bond motifs is 2. The van der Waals surface area contributed by atoms with Crippen molar-refractivity contribution in [1.29, 1.82) is 5.26 Å². The zero-order valence-corrected chi connectivity index (χ0v) is 34.9. The van der Waals surface area contributed by atoms with Gasteiger partial charge in [0, 0.05) is 95.9 Å². The number of piperidine rings is 2. The third-order valence-corrected chi connectivity index (χ3v) is 13.7. The second-order valence-electron chi connectivity index (χ2n) is 18.1. The molecule has 6 heterocycles. The van der Waals surface area contributed by atoms with Crippen LogP contribution in [-0.4, -0.2) is 92.8 Å². The van der Waals surface area contributed by atoms with Crippen molar-refractivity contribution in [2.24, 2.45) is 11.3 Å². The topological polar surface area (TPSA) is 173 Å². The van der Waals surface area contributed by atoms with Crippen LogP contribution in [0.15, 0.2) is 67.4 Å². The summed E-state index contributed by atoms with van der Waals surface area (Å²) in [5, 5.41) is 32.9. The van der Waals surface area contributed by atoms with Crippen LogP contribution in [0.2, 0.25) is 0 Å². The number of halogens is 2. The number of pyridine rings is 2. The Labute approximate surface area is 357 Å². The molecule has 0 bridgehead atoms. The van der Waals surface area contributed by atoms with Gasteiger partial charge in [0.2, 0.25) is 5.91 Å². The summed E-state index contributed by atoms with van der Waals surface area (Å²) in [6.45, 7) is 5.60. The van der Waals surface area contributed by atoms with Crippen molar-refractivity contribution in [3.63, 3.8) is 0 Å². The number of aromatic nitrogens is 4. The maximum Gasteiger partial charge on any atom is 0.328 e. The lowest BCUT2D eigenvalue weighted by atomic mass is 9.68. The number of nitrogens with one attached hydrogen (secondary N) is 2. The summed E-state index contributed by atoms with van der Waals surface area (Å²) >= 11 is 0. The molecule has 62 heavy (non-hydrogen) atoms. The van der Waals surface area contributed by atoms with E-state index in [1.807, 2.05) is 46.1 Å². The first kappa shape index (κ1) is 41.3. The van der Waals surface area contributed by atoms with Gasteiger partial charge in [0.1, 0.15) is 6.07 Å². The maximum atomic E-state index is 16.4. The molecule has 322 valence electrons. The van der Waals surface area contributed by atoms with Crippen LogP contribution in [0.3, 0.4) is 0 Å². The van der Waals surface area contributed by atoms with E-state index in [0.717, 1.165) is 47.5 Å². The van der Waals surface area contributed by atoms with Gasteiger partial charge in [-0.25, -0.2) is 13.6 Å². The highest BCUT2D eigenvalue weighted by Gasteiger charge is 2.57. The van der Waals surface area contributed by atoms with Crippen LogP contribution < -0.4 is 20.4 Å². The largest absolute Gasteiger partial charge is 0.386 e. The van der Waals surface area contributed by atoms with Crippen LogP contribution in [0.5, 0.6) is 0 Å². The van der Waals surface area contributed by atoms with E-state index in [9.17, 15) is 24.8 Å². The molecule has 0 radical (unpaired) electrons. The first-order valence-electron chi connectivity index (χ1n) is 21.5. The standard InChI is InChI=1S/C46H50F2N10O4/c1-44(2,62)36-20-37-32(19-38(36)52-42(60)31-18-30(21-49)22-50-23-31)27-58(54-37)33-8-6-29(7-9-33)26-55-15-11-45(46(47,48)28-55)12-16-56(17-13-45)39-5-3-4-34-35(39)24-51-25-40(34)57-14-10-41(59)53-43(57)61/h3-5,18-20,22-25,27,29,33,62H,6-17,26,28H2,1-2H3,(H,52,60)(H,53,59,61). The molecule has 4 fully saturated rings. The zero-order chi connectivity index (χ0) is 43.4. The minimum absolute atomic E-state index is 0.136. The smallest absolute Gasteiger partial charge is 0.328 e. The van der Waals surface area contributed by atoms with Gasteiger partial charge in [-0.05, 0) is 95.5 Å². The Bertz CT molecular complexity index is 2600. The minimum Gasteiger partial charge on any atom is -0.386 e. The van der Waals surface area contributed by atoms with Gasteiger partial charge in [-0.2, -0.15) is 10.4 Å². The highest BCUT2D eigenvalue weighted by atomic mass is 19.3. The van der Waals surface area contributed by atoms with Gasteiger partial charge in [0.05, 0.1) is 46.7 Å². The third kappa shape index (κ3) is 7.83. The number of imide groups is 1. The van der Waals surface area contributed by atoms with E-state index in [-0.39, 0.29) is 42.6 Å². The molecule has 0 unspecified atom stereocenters. The van der Waals surface area contributed by atoms with Crippen molar-refractivity contribution in [2.45, 2.75) is 82.8 Å². The Hall–Kier alpha value is -6.05. The molecule has 14 nitrogen and oxygen atoms in total. The number of carbonyl (C=O) groups is 3. The Kier molecular flexibility index (Phi) is 10.7. The SMILES string of the molecule is CC(C)(O)c1cc2nn(C3CCC(CN4CCC5(CCN(c6cccc7c(N8CCC(=O)NC8=O)cncc67)CC5)C(F)(F)C4)CC3)cc2cc1NC(=O)c1cncc(C#N)c1. The average Bonchev–Trinajstić information content (AvgIpc) is 3.68. The molecule has 1 aliphatic carbocycles. The highest BCUT2D eigenvalue weighted by molar-refractivity contribution is 6.11. The number of amides is 4. The summed E-state index contributed by atoms with van der Waals surface area (Å²) in [6, 6.07) is 12.6. The fourth-order valence-electron chi connectivity index (χ4n) is 10.1. The number of nitrogens with zero attached hydrogens (tertiary/aromatic N) is 8. The summed E-state index contributed by atoms with van der Waals surface area (Å²) in [5.74, 6) is -3.27. The maximum absolute atomic E-state index is 16.4. The van der Waals surface area contributed by atoms with Gasteiger partial charge in [0.15, 0.2) is 0 Å². The molecule has 3 aliphatic heterocycles. The molecule has 9 rings (SSSR count). The quantitative estimate of drug-likeness (QED) is 0.146. The van der Waals surface area contributed by atoms with E-state index < -0.39 is 28.9 Å². The third-order valence-electron chi connectivity index (χ3n) is 13.7. The molecule has 4 aliphatic rings. The normalized spacial score (nSPS) is 21.9. The number of hydrogen-bond acceptors (Lipinski definition) is 10. The summed E-state index contributed by atoms with van der Waals surface area (Å²) in [7, 11) is 0. The number of aliphatic hydroxyl groups is 1. The molecule has 2 aromatic carbocycles. The molecule has 1 saturated carbocycles. The van der Waals surface area contributed by atoms with Crippen LogP contribution >= 0.6 is 0 Å². The van der Waals surface area contributed by atoms with Gasteiger partial charge < -0.3 is 15.3 Å². The number of likely N-dealkylation sites (tertiary alicyclic amines) is 1. The van der Waals surface area contributed by atoms with E-state index in [2.05, 4.69) is 25.5 Å². The van der Waals surface area contributed by atoms with Crippen LogP contribution in [0.25, 0.3) is 21.7 Å². The first-order valence-corrected chi connectivity index (χ1v) is 21.5. The predicted octanol–water partition coefficient (Wildman–Crippen LogP) is 7.14. The summed E-state index contributed by atoms with van der Waals surface area (Å²) in [4.78, 5) is 51.7. The molecular weight excluding hydrogens is 795 g/mol. The van der Waals surface area contributed by atoms with Crippen molar-refractivity contribution in [3.8, 4) is 6.07 Å². The Morgan fingerprint density at radius 3 is 2.45 bits per heavy atom. The lowest BCUT2D eigenvalue weighted by molar-refractivity contribution is -0.179. The van der Waals surface area contributed by atoms with E-state index in [1.54, 1.807) is 32.3 Å². The van der Waals surface area contributed by atoms with Gasteiger partial charge in [-0.1, -0.05) is 12.1 Å². The summed E-state index contributed by atoms with van der Waals surface area (Å²) in [5.41, 5.74) is 1.32. The van der Waals surface area contributed by atoms with Crippen molar-refractivity contribution >= 4 is 56.6 Å². The number of hydrogen-bond donors (Lipinski definition) is 3. The van der Waals surface area contributed by atoms with Crippen molar-refractivity contribution in [1.82, 2.24) is 30.0 Å². The molecule has 1 spiro atoms. The van der Waals surface area contributed by atoms with E-state index in [1.165, 1.54) is 23.4 Å². The van der Waals surface area contributed by atoms with Crippen molar-refractivity contribution in [3.05, 3.63) is 84.1 Å². The summed E-state index contributed by atoms with van der Waals surface area (Å²) in [6.07, 6.45) is 13.1. The van der Waals surface area contributed by atoms with Crippen molar-refractivity contribution in [2.75, 3.05) is 54.4 Å².